The van der Waals surface area contributed by atoms with Crippen LogP contribution in [0.15, 0.2) is 41.3 Å². The first-order chi connectivity index (χ1) is 17.4. The summed E-state index contributed by atoms with van der Waals surface area (Å²) in [5, 5.41) is 2.17. The number of rotatable bonds is 5. The molecule has 3 fully saturated rings. The van der Waals surface area contributed by atoms with Crippen LogP contribution >= 0.6 is 11.8 Å². The lowest BCUT2D eigenvalue weighted by molar-refractivity contribution is -0.150. The van der Waals surface area contributed by atoms with Gasteiger partial charge in [0, 0.05) is 5.56 Å². The van der Waals surface area contributed by atoms with Gasteiger partial charge in [0.25, 0.3) is 5.91 Å². The predicted octanol–water partition coefficient (Wildman–Crippen LogP) is 5.81. The van der Waals surface area contributed by atoms with E-state index in [1.807, 2.05) is 12.1 Å². The Morgan fingerprint density at radius 3 is 2.36 bits per heavy atom. The SMILES string of the molecule is CCOC(=O)C1C(=O)/C(=C/C2CC3(CCCCCCCCC3)C(C)O2)SC1NC(=O)c1ccccc1. The van der Waals surface area contributed by atoms with Crippen LogP contribution in [-0.4, -0.2) is 41.8 Å². The molecular formula is C29H39NO5S. The Morgan fingerprint density at radius 2 is 1.72 bits per heavy atom. The number of ether oxygens (including phenoxy) is 2. The molecule has 4 rings (SSSR count). The van der Waals surface area contributed by atoms with Gasteiger partial charge < -0.3 is 14.8 Å². The molecule has 1 aromatic carbocycles. The predicted molar refractivity (Wildman–Crippen MR) is 141 cm³/mol. The van der Waals surface area contributed by atoms with Crippen molar-refractivity contribution < 1.29 is 23.9 Å². The maximum absolute atomic E-state index is 13.4. The minimum Gasteiger partial charge on any atom is -0.465 e. The van der Waals surface area contributed by atoms with Gasteiger partial charge >= 0.3 is 5.97 Å². The highest BCUT2D eigenvalue weighted by molar-refractivity contribution is 8.05. The highest BCUT2D eigenvalue weighted by Gasteiger charge is 2.48. The Labute approximate surface area is 219 Å². The smallest absolute Gasteiger partial charge is 0.319 e. The number of amides is 1. The number of nitrogens with one attached hydrogen (secondary N) is 1. The molecule has 36 heavy (non-hydrogen) atoms. The highest BCUT2D eigenvalue weighted by atomic mass is 32.2. The molecule has 1 saturated carbocycles. The summed E-state index contributed by atoms with van der Waals surface area (Å²) in [6.07, 6.45) is 14.1. The Bertz CT molecular complexity index is 952. The van der Waals surface area contributed by atoms with Gasteiger partial charge in [-0.25, -0.2) is 0 Å². The number of allylic oxidation sites excluding steroid dienone is 1. The molecule has 0 aromatic heterocycles. The van der Waals surface area contributed by atoms with Gasteiger partial charge in [-0.1, -0.05) is 74.9 Å². The van der Waals surface area contributed by atoms with Gasteiger partial charge in [-0.2, -0.15) is 0 Å². The minimum absolute atomic E-state index is 0.134. The first kappa shape index (κ1) is 26.9. The fourth-order valence-corrected chi connectivity index (χ4v) is 7.20. The fraction of sp³-hybridized carbons (Fsp3) is 0.621. The second-order valence-electron chi connectivity index (χ2n) is 10.4. The third-order valence-corrected chi connectivity index (χ3v) is 9.20. The molecule has 1 N–H and O–H groups in total. The number of hydrogen-bond donors (Lipinski definition) is 1. The van der Waals surface area contributed by atoms with E-state index in [-0.39, 0.29) is 35.9 Å². The largest absolute Gasteiger partial charge is 0.465 e. The Morgan fingerprint density at radius 1 is 1.08 bits per heavy atom. The van der Waals surface area contributed by atoms with E-state index >= 15 is 0 Å². The second kappa shape index (κ2) is 12.4. The lowest BCUT2D eigenvalue weighted by Crippen LogP contribution is -2.41. The van der Waals surface area contributed by atoms with Crippen LogP contribution in [0.3, 0.4) is 0 Å². The van der Waals surface area contributed by atoms with Crippen molar-refractivity contribution in [3.05, 3.63) is 46.9 Å². The van der Waals surface area contributed by atoms with E-state index in [2.05, 4.69) is 12.2 Å². The number of benzene rings is 1. The standard InChI is InChI=1S/C29H39NO5S/c1-3-34-28(33)24-25(31)23(36-27(24)30-26(32)21-14-10-9-11-15-21)18-22-19-29(20(2)35-22)16-12-7-5-4-6-8-13-17-29/h9-11,14-15,18,20,22,24,27H,3-8,12-13,16-17,19H2,1-2H3,(H,30,32)/b23-18-. The molecule has 196 valence electrons. The Kier molecular flexibility index (Phi) is 9.29. The Balaban J connectivity index is 1.50. The average molecular weight is 514 g/mol. The molecule has 7 heteroatoms. The number of carbonyl (C=O) groups excluding carboxylic acids is 3. The van der Waals surface area contributed by atoms with Crippen LogP contribution in [0.5, 0.6) is 0 Å². The first-order valence-corrected chi connectivity index (χ1v) is 14.4. The molecule has 6 nitrogen and oxygen atoms in total. The van der Waals surface area contributed by atoms with E-state index in [1.54, 1.807) is 31.2 Å². The van der Waals surface area contributed by atoms with Crippen molar-refractivity contribution in [3.8, 4) is 0 Å². The topological polar surface area (TPSA) is 81.7 Å². The van der Waals surface area contributed by atoms with Crippen LogP contribution in [0.2, 0.25) is 0 Å². The zero-order chi connectivity index (χ0) is 25.5. The summed E-state index contributed by atoms with van der Waals surface area (Å²) < 4.78 is 11.6. The Hall–Kier alpha value is -2.12. The highest BCUT2D eigenvalue weighted by Crippen LogP contribution is 2.49. The molecule has 1 aromatic rings. The van der Waals surface area contributed by atoms with Crippen LogP contribution in [0.25, 0.3) is 0 Å². The van der Waals surface area contributed by atoms with Crippen LogP contribution in [0, 0.1) is 11.3 Å². The van der Waals surface area contributed by atoms with Crippen molar-refractivity contribution >= 4 is 29.4 Å². The number of esters is 1. The number of Topliss-reactive ketones (excluding diaryl/α,β-unsaturated/α-hetero) is 1. The number of carbonyl (C=O) groups is 3. The minimum atomic E-state index is -1.06. The summed E-state index contributed by atoms with van der Waals surface area (Å²) in [6.45, 7) is 4.07. The number of thioether (sulfide) groups is 1. The van der Waals surface area contributed by atoms with E-state index < -0.39 is 17.3 Å². The van der Waals surface area contributed by atoms with E-state index in [9.17, 15) is 14.4 Å². The molecule has 0 radical (unpaired) electrons. The third kappa shape index (κ3) is 6.23. The lowest BCUT2D eigenvalue weighted by Gasteiger charge is -2.33. The summed E-state index contributed by atoms with van der Waals surface area (Å²) in [5.41, 5.74) is 0.629. The molecule has 2 saturated heterocycles. The van der Waals surface area contributed by atoms with E-state index in [0.717, 1.165) is 19.3 Å². The van der Waals surface area contributed by atoms with E-state index in [0.29, 0.717) is 10.5 Å². The molecule has 2 heterocycles. The van der Waals surface area contributed by atoms with Crippen molar-refractivity contribution in [1.29, 1.82) is 0 Å². The maximum Gasteiger partial charge on any atom is 0.319 e. The summed E-state index contributed by atoms with van der Waals surface area (Å²) in [4.78, 5) is 39.4. The first-order valence-electron chi connectivity index (χ1n) is 13.5. The molecule has 0 bridgehead atoms. The molecule has 4 atom stereocenters. The lowest BCUT2D eigenvalue weighted by atomic mass is 9.71. The maximum atomic E-state index is 13.4. The van der Waals surface area contributed by atoms with Gasteiger partial charge in [-0.05, 0) is 56.7 Å². The van der Waals surface area contributed by atoms with Gasteiger partial charge in [0.2, 0.25) is 0 Å². The average Bonchev–Trinajstić information content (AvgIpc) is 3.34. The molecule has 3 aliphatic rings. The quantitative estimate of drug-likeness (QED) is 0.304. The van der Waals surface area contributed by atoms with Crippen LogP contribution in [-0.2, 0) is 19.1 Å². The third-order valence-electron chi connectivity index (χ3n) is 7.97. The molecule has 1 aliphatic carbocycles. The summed E-state index contributed by atoms with van der Waals surface area (Å²) in [6, 6.07) is 8.81. The fourth-order valence-electron chi connectivity index (χ4n) is 5.91. The van der Waals surface area contributed by atoms with Gasteiger partial charge in [0.15, 0.2) is 11.7 Å². The van der Waals surface area contributed by atoms with Gasteiger partial charge in [-0.3, -0.25) is 14.4 Å². The van der Waals surface area contributed by atoms with E-state index in [1.165, 1.54) is 56.7 Å². The zero-order valence-electron chi connectivity index (χ0n) is 21.5. The van der Waals surface area contributed by atoms with Crippen LogP contribution in [0.4, 0.5) is 0 Å². The van der Waals surface area contributed by atoms with Crippen molar-refractivity contribution in [1.82, 2.24) is 5.32 Å². The van der Waals surface area contributed by atoms with Crippen LogP contribution in [0.1, 0.15) is 88.4 Å². The molecule has 1 spiro atoms. The summed E-state index contributed by atoms with van der Waals surface area (Å²) >= 11 is 1.24. The van der Waals surface area contributed by atoms with Gasteiger partial charge in [0.1, 0.15) is 5.37 Å². The van der Waals surface area contributed by atoms with E-state index in [4.69, 9.17) is 9.47 Å². The molecule has 2 aliphatic heterocycles. The molecular weight excluding hydrogens is 474 g/mol. The van der Waals surface area contributed by atoms with Gasteiger partial charge in [0.05, 0.1) is 23.7 Å². The van der Waals surface area contributed by atoms with Gasteiger partial charge in [-0.15, -0.1) is 0 Å². The second-order valence-corrected chi connectivity index (χ2v) is 11.5. The van der Waals surface area contributed by atoms with Crippen molar-refractivity contribution in [2.24, 2.45) is 11.3 Å². The van der Waals surface area contributed by atoms with Crippen molar-refractivity contribution in [3.63, 3.8) is 0 Å². The monoisotopic (exact) mass is 513 g/mol. The number of hydrogen-bond acceptors (Lipinski definition) is 6. The summed E-state index contributed by atoms with van der Waals surface area (Å²) in [7, 11) is 0. The number of ketones is 1. The van der Waals surface area contributed by atoms with Crippen LogP contribution < -0.4 is 5.32 Å². The van der Waals surface area contributed by atoms with Crippen molar-refractivity contribution in [2.75, 3.05) is 6.61 Å². The normalized spacial score (nSPS) is 29.8. The van der Waals surface area contributed by atoms with Crippen molar-refractivity contribution in [2.45, 2.75) is 95.6 Å². The molecule has 4 unspecified atom stereocenters. The molecule has 1 amide bonds. The summed E-state index contributed by atoms with van der Waals surface area (Å²) in [5.74, 6) is -2.26. The zero-order valence-corrected chi connectivity index (χ0v) is 22.3.